The Morgan fingerprint density at radius 2 is 1.96 bits per heavy atom. The molecule has 2 aromatic heterocycles. The zero-order valence-electron chi connectivity index (χ0n) is 12.8. The third-order valence-electron chi connectivity index (χ3n) is 4.30. The van der Waals surface area contributed by atoms with Crippen LogP contribution in [0.15, 0.2) is 42.6 Å². The number of aromatic nitrogens is 3. The molecule has 0 amide bonds. The Hall–Kier alpha value is -2.07. The largest absolute Gasteiger partial charge is 0.473 e. The van der Waals surface area contributed by atoms with Gasteiger partial charge >= 0.3 is 0 Å². The molecule has 1 saturated carbocycles. The van der Waals surface area contributed by atoms with Gasteiger partial charge in [0.2, 0.25) is 5.88 Å². The summed E-state index contributed by atoms with van der Waals surface area (Å²) >= 11 is 6.10. The Bertz CT molecular complexity index is 824. The molecule has 23 heavy (non-hydrogen) atoms. The predicted octanol–water partition coefficient (Wildman–Crippen LogP) is 4.76. The average molecular weight is 328 g/mol. The number of imidazole rings is 1. The summed E-state index contributed by atoms with van der Waals surface area (Å²) in [5, 5.41) is 5.33. The number of hydrogen-bond acceptors (Lipinski definition) is 3. The first-order valence-corrected chi connectivity index (χ1v) is 8.45. The van der Waals surface area contributed by atoms with Crippen LogP contribution in [-0.2, 0) is 0 Å². The smallest absolute Gasteiger partial charge is 0.232 e. The molecule has 0 aliphatic heterocycles. The van der Waals surface area contributed by atoms with E-state index >= 15 is 0 Å². The molecule has 1 fully saturated rings. The van der Waals surface area contributed by atoms with Crippen molar-refractivity contribution in [3.63, 3.8) is 0 Å². The lowest BCUT2D eigenvalue weighted by atomic mass is 9.98. The van der Waals surface area contributed by atoms with E-state index in [9.17, 15) is 0 Å². The maximum atomic E-state index is 6.10. The average Bonchev–Trinajstić information content (AvgIpc) is 2.99. The predicted molar refractivity (Wildman–Crippen MR) is 90.9 cm³/mol. The van der Waals surface area contributed by atoms with Gasteiger partial charge in [0.15, 0.2) is 5.65 Å². The lowest BCUT2D eigenvalue weighted by molar-refractivity contribution is 0.147. The monoisotopic (exact) mass is 327 g/mol. The van der Waals surface area contributed by atoms with Gasteiger partial charge in [-0.05, 0) is 43.9 Å². The second-order valence-electron chi connectivity index (χ2n) is 5.97. The number of nitrogens with zero attached hydrogens (tertiary/aromatic N) is 3. The topological polar surface area (TPSA) is 39.4 Å². The summed E-state index contributed by atoms with van der Waals surface area (Å²) in [6.07, 6.45) is 8.13. The van der Waals surface area contributed by atoms with Crippen LogP contribution in [0.25, 0.3) is 16.9 Å². The minimum Gasteiger partial charge on any atom is -0.473 e. The van der Waals surface area contributed by atoms with Gasteiger partial charge in [0.25, 0.3) is 0 Å². The molecule has 4 rings (SSSR count). The summed E-state index contributed by atoms with van der Waals surface area (Å²) in [4.78, 5) is 4.41. The van der Waals surface area contributed by atoms with Gasteiger partial charge in [0.1, 0.15) is 6.10 Å². The van der Waals surface area contributed by atoms with Crippen LogP contribution in [0.2, 0.25) is 5.02 Å². The van der Waals surface area contributed by atoms with Crippen molar-refractivity contribution in [3.8, 4) is 17.1 Å². The zero-order valence-corrected chi connectivity index (χ0v) is 13.5. The highest BCUT2D eigenvalue weighted by Gasteiger charge is 2.16. The van der Waals surface area contributed by atoms with Gasteiger partial charge in [-0.25, -0.2) is 9.50 Å². The fraction of sp³-hybridized carbons (Fsp3) is 0.333. The number of ether oxygens (including phenoxy) is 1. The minimum absolute atomic E-state index is 0.284. The Morgan fingerprint density at radius 3 is 2.78 bits per heavy atom. The Kier molecular flexibility index (Phi) is 3.92. The van der Waals surface area contributed by atoms with Crippen LogP contribution in [0.1, 0.15) is 32.1 Å². The van der Waals surface area contributed by atoms with Crippen LogP contribution in [0.5, 0.6) is 5.88 Å². The van der Waals surface area contributed by atoms with E-state index in [1.807, 2.05) is 47.1 Å². The van der Waals surface area contributed by atoms with E-state index in [-0.39, 0.29) is 6.10 Å². The molecule has 0 bridgehead atoms. The number of benzene rings is 1. The highest BCUT2D eigenvalue weighted by Crippen LogP contribution is 2.25. The molecule has 0 unspecified atom stereocenters. The second-order valence-corrected chi connectivity index (χ2v) is 6.41. The number of fused-ring (bicyclic) bond motifs is 1. The molecular formula is C18H18ClN3O. The molecule has 5 heteroatoms. The van der Waals surface area contributed by atoms with E-state index in [0.717, 1.165) is 29.7 Å². The highest BCUT2D eigenvalue weighted by atomic mass is 35.5. The second kappa shape index (κ2) is 6.20. The molecule has 0 atom stereocenters. The minimum atomic E-state index is 0.284. The van der Waals surface area contributed by atoms with E-state index in [0.29, 0.717) is 10.9 Å². The van der Waals surface area contributed by atoms with E-state index in [1.54, 1.807) is 0 Å². The van der Waals surface area contributed by atoms with Crippen molar-refractivity contribution in [3.05, 3.63) is 47.6 Å². The molecular weight excluding hydrogens is 310 g/mol. The molecule has 3 aromatic rings. The standard InChI is InChI=1S/C18H18ClN3O/c19-14-6-4-5-13(11-14)16-12-20-17-9-10-18(21-22(16)17)23-15-7-2-1-3-8-15/h4-6,9-12,15H,1-3,7-8H2. The summed E-state index contributed by atoms with van der Waals surface area (Å²) < 4.78 is 7.88. The van der Waals surface area contributed by atoms with Crippen molar-refractivity contribution in [1.29, 1.82) is 0 Å². The van der Waals surface area contributed by atoms with E-state index in [1.165, 1.54) is 19.3 Å². The normalized spacial score (nSPS) is 15.9. The van der Waals surface area contributed by atoms with Crippen LogP contribution < -0.4 is 4.74 Å². The molecule has 2 heterocycles. The van der Waals surface area contributed by atoms with Gasteiger partial charge in [-0.15, -0.1) is 5.10 Å². The van der Waals surface area contributed by atoms with Crippen molar-refractivity contribution in [1.82, 2.24) is 14.6 Å². The van der Waals surface area contributed by atoms with E-state index in [2.05, 4.69) is 10.1 Å². The summed E-state index contributed by atoms with van der Waals surface area (Å²) in [5.74, 6) is 0.658. The molecule has 0 saturated heterocycles. The highest BCUT2D eigenvalue weighted by molar-refractivity contribution is 6.30. The van der Waals surface area contributed by atoms with Gasteiger partial charge in [-0.1, -0.05) is 30.2 Å². The van der Waals surface area contributed by atoms with Crippen LogP contribution in [-0.4, -0.2) is 20.7 Å². The first-order valence-electron chi connectivity index (χ1n) is 8.07. The van der Waals surface area contributed by atoms with Crippen molar-refractivity contribution in [2.24, 2.45) is 0 Å². The fourth-order valence-corrected chi connectivity index (χ4v) is 3.31. The lowest BCUT2D eigenvalue weighted by Gasteiger charge is -2.22. The van der Waals surface area contributed by atoms with E-state index < -0.39 is 0 Å². The lowest BCUT2D eigenvalue weighted by Crippen LogP contribution is -2.20. The third kappa shape index (κ3) is 3.04. The summed E-state index contributed by atoms with van der Waals surface area (Å²) in [7, 11) is 0. The van der Waals surface area contributed by atoms with Crippen molar-refractivity contribution < 1.29 is 4.74 Å². The molecule has 0 N–H and O–H groups in total. The Balaban J connectivity index is 1.68. The maximum Gasteiger partial charge on any atom is 0.232 e. The first kappa shape index (κ1) is 14.5. The zero-order chi connectivity index (χ0) is 15.6. The molecule has 1 aromatic carbocycles. The number of halogens is 1. The van der Waals surface area contributed by atoms with Crippen molar-refractivity contribution in [2.45, 2.75) is 38.2 Å². The summed E-state index contributed by atoms with van der Waals surface area (Å²) in [5.41, 5.74) is 2.71. The fourth-order valence-electron chi connectivity index (χ4n) is 3.12. The summed E-state index contributed by atoms with van der Waals surface area (Å²) in [6.45, 7) is 0. The Morgan fingerprint density at radius 1 is 1.09 bits per heavy atom. The molecule has 0 spiro atoms. The van der Waals surface area contributed by atoms with E-state index in [4.69, 9.17) is 16.3 Å². The molecule has 4 nitrogen and oxygen atoms in total. The maximum absolute atomic E-state index is 6.10. The van der Waals surface area contributed by atoms with Crippen molar-refractivity contribution in [2.75, 3.05) is 0 Å². The van der Waals surface area contributed by atoms with Gasteiger partial charge in [-0.3, -0.25) is 0 Å². The molecule has 1 aliphatic carbocycles. The van der Waals surface area contributed by atoms with Crippen LogP contribution in [0.3, 0.4) is 0 Å². The Labute approximate surface area is 140 Å². The molecule has 118 valence electrons. The van der Waals surface area contributed by atoms with Crippen LogP contribution in [0.4, 0.5) is 0 Å². The van der Waals surface area contributed by atoms with Crippen molar-refractivity contribution >= 4 is 17.2 Å². The SMILES string of the molecule is Clc1cccc(-c2cnc3ccc(OC4CCCCC4)nn23)c1. The summed E-state index contributed by atoms with van der Waals surface area (Å²) in [6, 6.07) is 11.6. The van der Waals surface area contributed by atoms with Crippen LogP contribution in [0, 0.1) is 0 Å². The number of hydrogen-bond donors (Lipinski definition) is 0. The van der Waals surface area contributed by atoms with Gasteiger partial charge in [0.05, 0.1) is 11.9 Å². The molecule has 1 aliphatic rings. The quantitative estimate of drug-likeness (QED) is 0.696. The third-order valence-corrected chi connectivity index (χ3v) is 4.53. The number of rotatable bonds is 3. The van der Waals surface area contributed by atoms with Gasteiger partial charge in [-0.2, -0.15) is 0 Å². The van der Waals surface area contributed by atoms with Crippen LogP contribution >= 0.6 is 11.6 Å². The molecule has 0 radical (unpaired) electrons. The van der Waals surface area contributed by atoms with Gasteiger partial charge < -0.3 is 4.74 Å². The van der Waals surface area contributed by atoms with Gasteiger partial charge in [0, 0.05) is 16.7 Å². The first-order chi connectivity index (χ1) is 11.3.